The van der Waals surface area contributed by atoms with Gasteiger partial charge >= 0.3 is 0 Å². The van der Waals surface area contributed by atoms with Crippen molar-refractivity contribution in [1.82, 2.24) is 4.98 Å². The number of para-hydroxylation sites is 1. The molecule has 6 nitrogen and oxygen atoms in total. The first-order valence-corrected chi connectivity index (χ1v) is 7.93. The number of rotatable bonds is 7. The van der Waals surface area contributed by atoms with Gasteiger partial charge in [0.25, 0.3) is 5.56 Å². The van der Waals surface area contributed by atoms with Crippen LogP contribution in [0.5, 0.6) is 11.5 Å². The number of nitriles is 2. The van der Waals surface area contributed by atoms with Crippen molar-refractivity contribution >= 4 is 0 Å². The summed E-state index contributed by atoms with van der Waals surface area (Å²) in [6.45, 7) is 2.17. The zero-order valence-corrected chi connectivity index (χ0v) is 14.3. The van der Waals surface area contributed by atoms with Crippen molar-refractivity contribution in [2.45, 2.75) is 26.2 Å². The average Bonchev–Trinajstić information content (AvgIpc) is 2.60. The number of hydrogen-bond acceptors (Lipinski definition) is 5. The van der Waals surface area contributed by atoms with Gasteiger partial charge in [0.05, 0.1) is 19.8 Å². The molecule has 0 bridgehead atoms. The molecule has 0 aliphatic rings. The van der Waals surface area contributed by atoms with Crippen molar-refractivity contribution in [3.05, 3.63) is 45.9 Å². The maximum Gasteiger partial charge on any atom is 0.266 e. The molecule has 0 amide bonds. The molecule has 2 rings (SSSR count). The number of benzene rings is 1. The lowest BCUT2D eigenvalue weighted by Crippen LogP contribution is -2.13. The molecule has 128 valence electrons. The summed E-state index contributed by atoms with van der Waals surface area (Å²) in [6, 6.07) is 11.2. The summed E-state index contributed by atoms with van der Waals surface area (Å²) in [7, 11) is 1.54. The summed E-state index contributed by atoms with van der Waals surface area (Å²) in [4.78, 5) is 14.7. The lowest BCUT2D eigenvalue weighted by Gasteiger charge is -2.16. The highest BCUT2D eigenvalue weighted by molar-refractivity contribution is 5.78. The minimum atomic E-state index is -0.430. The van der Waals surface area contributed by atoms with E-state index in [1.807, 2.05) is 6.07 Å². The molecular formula is C19H19N3O3. The monoisotopic (exact) mass is 337 g/mol. The molecule has 0 fully saturated rings. The Morgan fingerprint density at radius 1 is 1.20 bits per heavy atom. The molecule has 0 radical (unpaired) electrons. The fourth-order valence-corrected chi connectivity index (χ4v) is 2.53. The van der Waals surface area contributed by atoms with Crippen LogP contribution in [-0.4, -0.2) is 18.7 Å². The van der Waals surface area contributed by atoms with E-state index in [1.54, 1.807) is 31.2 Å². The predicted octanol–water partition coefficient (Wildman–Crippen LogP) is 3.30. The summed E-state index contributed by atoms with van der Waals surface area (Å²) in [5.41, 5.74) is 1.40. The Morgan fingerprint density at radius 2 is 2.00 bits per heavy atom. The maximum absolute atomic E-state index is 12.1. The van der Waals surface area contributed by atoms with E-state index in [9.17, 15) is 10.1 Å². The Kier molecular flexibility index (Phi) is 6.20. The van der Waals surface area contributed by atoms with Crippen molar-refractivity contribution in [3.8, 4) is 34.8 Å². The molecule has 0 spiro atoms. The fourth-order valence-electron chi connectivity index (χ4n) is 2.53. The van der Waals surface area contributed by atoms with E-state index in [0.29, 0.717) is 41.3 Å². The smallest absolute Gasteiger partial charge is 0.266 e. The van der Waals surface area contributed by atoms with Gasteiger partial charge in [-0.2, -0.15) is 10.5 Å². The molecule has 6 heteroatoms. The number of hydrogen-bond donors (Lipinski definition) is 1. The molecule has 2 aromatic rings. The lowest BCUT2D eigenvalue weighted by molar-refractivity contribution is 0.288. The summed E-state index contributed by atoms with van der Waals surface area (Å²) < 4.78 is 11.3. The zero-order valence-electron chi connectivity index (χ0n) is 14.3. The van der Waals surface area contributed by atoms with E-state index >= 15 is 0 Å². The van der Waals surface area contributed by atoms with Crippen molar-refractivity contribution in [1.29, 1.82) is 10.5 Å². The normalized spacial score (nSPS) is 9.92. The molecule has 0 saturated carbocycles. The van der Waals surface area contributed by atoms with Crippen LogP contribution in [0.15, 0.2) is 29.1 Å². The van der Waals surface area contributed by atoms with Gasteiger partial charge in [0.2, 0.25) is 0 Å². The van der Waals surface area contributed by atoms with Gasteiger partial charge in [-0.3, -0.25) is 4.79 Å². The number of pyridine rings is 1. The van der Waals surface area contributed by atoms with Crippen molar-refractivity contribution in [2.75, 3.05) is 13.7 Å². The van der Waals surface area contributed by atoms with Crippen LogP contribution in [0, 0.1) is 29.6 Å². The third-order valence-corrected chi connectivity index (χ3v) is 3.70. The summed E-state index contributed by atoms with van der Waals surface area (Å²) in [6.07, 6.45) is 1.95. The standard InChI is InChI=1S/C19H19N3O3/c1-13-11-15(16(12-21)19(23)22-13)14-7-6-8-17(24-2)18(14)25-10-5-3-4-9-20/h6-8,11H,3-5,10H2,1-2H3,(H,22,23). The van der Waals surface area contributed by atoms with Gasteiger partial charge in [-0.25, -0.2) is 0 Å². The molecule has 1 N–H and O–H groups in total. The van der Waals surface area contributed by atoms with Crippen LogP contribution >= 0.6 is 0 Å². The number of aromatic amines is 1. The average molecular weight is 337 g/mol. The third kappa shape index (κ3) is 4.19. The number of methoxy groups -OCH3 is 1. The Morgan fingerprint density at radius 3 is 2.68 bits per heavy atom. The second-order valence-corrected chi connectivity index (χ2v) is 5.48. The Labute approximate surface area is 146 Å². The zero-order chi connectivity index (χ0) is 18.2. The minimum Gasteiger partial charge on any atom is -0.493 e. The Balaban J connectivity index is 2.47. The van der Waals surface area contributed by atoms with Crippen molar-refractivity contribution in [2.24, 2.45) is 0 Å². The molecule has 0 aliphatic carbocycles. The van der Waals surface area contributed by atoms with Gasteiger partial charge in [-0.1, -0.05) is 12.1 Å². The Hall–Kier alpha value is -3.25. The van der Waals surface area contributed by atoms with Crippen LogP contribution in [0.3, 0.4) is 0 Å². The second kappa shape index (κ2) is 8.56. The highest BCUT2D eigenvalue weighted by Crippen LogP contribution is 2.39. The van der Waals surface area contributed by atoms with Crippen LogP contribution in [0.4, 0.5) is 0 Å². The van der Waals surface area contributed by atoms with Crippen LogP contribution in [0.2, 0.25) is 0 Å². The van der Waals surface area contributed by atoms with Crippen LogP contribution < -0.4 is 15.0 Å². The van der Waals surface area contributed by atoms with Gasteiger partial charge in [-0.15, -0.1) is 0 Å². The maximum atomic E-state index is 12.1. The fraction of sp³-hybridized carbons (Fsp3) is 0.316. The number of aromatic nitrogens is 1. The SMILES string of the molecule is COc1cccc(-c2cc(C)[nH]c(=O)c2C#N)c1OCCCCC#N. The van der Waals surface area contributed by atoms with Gasteiger partial charge in [0.15, 0.2) is 11.5 Å². The van der Waals surface area contributed by atoms with E-state index in [0.717, 1.165) is 12.8 Å². The molecule has 1 heterocycles. The quantitative estimate of drug-likeness (QED) is 0.782. The Bertz CT molecular complexity index is 888. The van der Waals surface area contributed by atoms with E-state index in [4.69, 9.17) is 14.7 Å². The van der Waals surface area contributed by atoms with Crippen LogP contribution in [0.25, 0.3) is 11.1 Å². The van der Waals surface area contributed by atoms with Crippen molar-refractivity contribution < 1.29 is 9.47 Å². The molecule has 0 atom stereocenters. The van der Waals surface area contributed by atoms with Gasteiger partial charge in [0, 0.05) is 23.2 Å². The minimum absolute atomic E-state index is 0.0354. The lowest BCUT2D eigenvalue weighted by atomic mass is 9.99. The first kappa shape index (κ1) is 18.1. The topological polar surface area (TPSA) is 98.9 Å². The van der Waals surface area contributed by atoms with E-state index in [-0.39, 0.29) is 5.56 Å². The first-order chi connectivity index (χ1) is 12.1. The summed E-state index contributed by atoms with van der Waals surface area (Å²) in [5, 5.41) is 18.0. The molecule has 0 unspecified atom stereocenters. The number of aryl methyl sites for hydroxylation is 1. The molecule has 25 heavy (non-hydrogen) atoms. The highest BCUT2D eigenvalue weighted by atomic mass is 16.5. The summed E-state index contributed by atoms with van der Waals surface area (Å²) >= 11 is 0. The molecule has 1 aromatic heterocycles. The summed E-state index contributed by atoms with van der Waals surface area (Å²) in [5.74, 6) is 1.02. The van der Waals surface area contributed by atoms with Gasteiger partial charge < -0.3 is 14.5 Å². The van der Waals surface area contributed by atoms with E-state index < -0.39 is 5.56 Å². The predicted molar refractivity (Wildman–Crippen MR) is 93.5 cm³/mol. The first-order valence-electron chi connectivity index (χ1n) is 7.93. The molecular weight excluding hydrogens is 318 g/mol. The van der Waals surface area contributed by atoms with E-state index in [2.05, 4.69) is 11.1 Å². The van der Waals surface area contributed by atoms with Gasteiger partial charge in [-0.05, 0) is 31.9 Å². The van der Waals surface area contributed by atoms with Crippen LogP contribution in [0.1, 0.15) is 30.5 Å². The number of H-pyrrole nitrogens is 1. The number of nitrogens with one attached hydrogen (secondary N) is 1. The highest BCUT2D eigenvalue weighted by Gasteiger charge is 2.17. The molecule has 0 aliphatic heterocycles. The largest absolute Gasteiger partial charge is 0.493 e. The van der Waals surface area contributed by atoms with Crippen LogP contribution in [-0.2, 0) is 0 Å². The van der Waals surface area contributed by atoms with Crippen molar-refractivity contribution in [3.63, 3.8) is 0 Å². The molecule has 1 aromatic carbocycles. The number of nitrogens with zero attached hydrogens (tertiary/aromatic N) is 2. The second-order valence-electron chi connectivity index (χ2n) is 5.48. The molecule has 0 saturated heterocycles. The third-order valence-electron chi connectivity index (χ3n) is 3.70. The number of unbranched alkanes of at least 4 members (excludes halogenated alkanes) is 2. The number of ether oxygens (including phenoxy) is 2. The van der Waals surface area contributed by atoms with E-state index in [1.165, 1.54) is 7.11 Å². The van der Waals surface area contributed by atoms with Gasteiger partial charge in [0.1, 0.15) is 11.6 Å².